The molecule has 7 heteroatoms. The van der Waals surface area contributed by atoms with Crippen LogP contribution in [0.4, 0.5) is 5.69 Å². The van der Waals surface area contributed by atoms with Gasteiger partial charge < -0.3 is 10.1 Å². The van der Waals surface area contributed by atoms with E-state index in [0.29, 0.717) is 21.2 Å². The van der Waals surface area contributed by atoms with Crippen molar-refractivity contribution in [3.8, 4) is 0 Å². The van der Waals surface area contributed by atoms with Crippen LogP contribution >= 0.6 is 23.2 Å². The fourth-order valence-corrected chi connectivity index (χ4v) is 2.62. The molecule has 0 aliphatic carbocycles. The predicted molar refractivity (Wildman–Crippen MR) is 102 cm³/mol. The second-order valence-electron chi connectivity index (χ2n) is 5.55. The van der Waals surface area contributed by atoms with E-state index < -0.39 is 18.0 Å². The molecule has 3 aromatic rings. The summed E-state index contributed by atoms with van der Waals surface area (Å²) in [5.41, 5.74) is 1.14. The molecule has 5 nitrogen and oxygen atoms in total. The molecule has 1 atom stereocenters. The van der Waals surface area contributed by atoms with Gasteiger partial charge >= 0.3 is 5.97 Å². The molecular formula is C19H14Cl2N2O3. The second-order valence-corrected chi connectivity index (χ2v) is 6.39. The summed E-state index contributed by atoms with van der Waals surface area (Å²) in [5, 5.41) is 4.25. The van der Waals surface area contributed by atoms with Gasteiger partial charge in [0.25, 0.3) is 5.91 Å². The van der Waals surface area contributed by atoms with E-state index in [0.717, 1.165) is 5.39 Å². The number of esters is 1. The summed E-state index contributed by atoms with van der Waals surface area (Å²) in [5.74, 6) is -1.21. The maximum absolute atomic E-state index is 12.3. The zero-order chi connectivity index (χ0) is 18.7. The Morgan fingerprint density at radius 2 is 1.85 bits per heavy atom. The van der Waals surface area contributed by atoms with Crippen molar-refractivity contribution >= 4 is 51.7 Å². The van der Waals surface area contributed by atoms with E-state index in [1.807, 2.05) is 18.2 Å². The summed E-state index contributed by atoms with van der Waals surface area (Å²) in [4.78, 5) is 28.8. The van der Waals surface area contributed by atoms with Crippen LogP contribution in [0.1, 0.15) is 17.4 Å². The van der Waals surface area contributed by atoms with Gasteiger partial charge in [-0.1, -0.05) is 47.5 Å². The van der Waals surface area contributed by atoms with Gasteiger partial charge in [-0.05, 0) is 37.3 Å². The monoisotopic (exact) mass is 388 g/mol. The number of amides is 1. The fourth-order valence-electron chi connectivity index (χ4n) is 2.28. The summed E-state index contributed by atoms with van der Waals surface area (Å²) >= 11 is 11.9. The van der Waals surface area contributed by atoms with Crippen molar-refractivity contribution in [2.75, 3.05) is 5.32 Å². The van der Waals surface area contributed by atoms with Gasteiger partial charge in [0.1, 0.15) is 5.69 Å². The van der Waals surface area contributed by atoms with Crippen LogP contribution in [0.5, 0.6) is 0 Å². The van der Waals surface area contributed by atoms with Gasteiger partial charge in [0.15, 0.2) is 6.10 Å². The Hall–Kier alpha value is -2.63. The van der Waals surface area contributed by atoms with Crippen LogP contribution in [0.15, 0.2) is 54.6 Å². The first-order valence-electron chi connectivity index (χ1n) is 7.77. The third-order valence-electron chi connectivity index (χ3n) is 3.65. The topological polar surface area (TPSA) is 68.3 Å². The first-order chi connectivity index (χ1) is 12.4. The average Bonchev–Trinajstić information content (AvgIpc) is 2.64. The van der Waals surface area contributed by atoms with E-state index in [9.17, 15) is 9.59 Å². The van der Waals surface area contributed by atoms with Gasteiger partial charge in [-0.3, -0.25) is 4.79 Å². The average molecular weight is 389 g/mol. The lowest BCUT2D eigenvalue weighted by atomic mass is 10.2. The number of nitrogens with one attached hydrogen (secondary N) is 1. The number of pyridine rings is 1. The lowest BCUT2D eigenvalue weighted by Crippen LogP contribution is -2.30. The number of carbonyl (C=O) groups is 2. The molecule has 26 heavy (non-hydrogen) atoms. The Labute approximate surface area is 159 Å². The number of anilines is 1. The Bertz CT molecular complexity index is 991. The van der Waals surface area contributed by atoms with E-state index in [4.69, 9.17) is 27.9 Å². The quantitative estimate of drug-likeness (QED) is 0.656. The largest absolute Gasteiger partial charge is 0.448 e. The zero-order valence-electron chi connectivity index (χ0n) is 13.7. The lowest BCUT2D eigenvalue weighted by Gasteiger charge is -2.14. The van der Waals surface area contributed by atoms with Crippen LogP contribution < -0.4 is 5.32 Å². The smallest absolute Gasteiger partial charge is 0.357 e. The fraction of sp³-hybridized carbons (Fsp3) is 0.105. The van der Waals surface area contributed by atoms with Crippen molar-refractivity contribution in [3.63, 3.8) is 0 Å². The van der Waals surface area contributed by atoms with Crippen LogP contribution in [0.25, 0.3) is 10.9 Å². The number of para-hydroxylation sites is 1. The first-order valence-corrected chi connectivity index (χ1v) is 8.52. The molecule has 1 N–H and O–H groups in total. The molecule has 1 heterocycles. The molecule has 0 unspecified atom stereocenters. The third-order valence-corrected chi connectivity index (χ3v) is 4.21. The van der Waals surface area contributed by atoms with Crippen molar-refractivity contribution in [2.45, 2.75) is 13.0 Å². The summed E-state index contributed by atoms with van der Waals surface area (Å²) in [7, 11) is 0. The Morgan fingerprint density at radius 1 is 1.08 bits per heavy atom. The van der Waals surface area contributed by atoms with Gasteiger partial charge in [-0.2, -0.15) is 0 Å². The van der Waals surface area contributed by atoms with Gasteiger partial charge in [0.2, 0.25) is 0 Å². The number of ether oxygens (including phenoxy) is 1. The van der Waals surface area contributed by atoms with E-state index in [1.165, 1.54) is 13.0 Å². The first kappa shape index (κ1) is 18.2. The van der Waals surface area contributed by atoms with Crippen LogP contribution in [-0.2, 0) is 9.53 Å². The summed E-state index contributed by atoms with van der Waals surface area (Å²) < 4.78 is 5.20. The van der Waals surface area contributed by atoms with Crippen molar-refractivity contribution in [1.29, 1.82) is 0 Å². The van der Waals surface area contributed by atoms with E-state index in [1.54, 1.807) is 30.3 Å². The number of carbonyl (C=O) groups excluding carboxylic acids is 2. The molecule has 1 aromatic heterocycles. The molecule has 1 amide bonds. The lowest BCUT2D eigenvalue weighted by molar-refractivity contribution is -0.123. The third kappa shape index (κ3) is 4.12. The van der Waals surface area contributed by atoms with E-state index in [2.05, 4.69) is 10.3 Å². The Kier molecular flexibility index (Phi) is 5.40. The molecule has 0 aliphatic rings. The Morgan fingerprint density at radius 3 is 2.65 bits per heavy atom. The van der Waals surface area contributed by atoms with Crippen LogP contribution in [-0.4, -0.2) is 23.0 Å². The minimum atomic E-state index is -1.04. The molecule has 0 spiro atoms. The van der Waals surface area contributed by atoms with Crippen molar-refractivity contribution in [3.05, 3.63) is 70.3 Å². The molecule has 132 valence electrons. The molecule has 0 saturated carbocycles. The maximum Gasteiger partial charge on any atom is 0.357 e. The minimum Gasteiger partial charge on any atom is -0.448 e. The number of hydrogen-bond acceptors (Lipinski definition) is 4. The number of fused-ring (bicyclic) bond motifs is 1. The normalized spacial score (nSPS) is 11.8. The van der Waals surface area contributed by atoms with E-state index >= 15 is 0 Å². The van der Waals surface area contributed by atoms with E-state index in [-0.39, 0.29) is 5.69 Å². The van der Waals surface area contributed by atoms with Crippen LogP contribution in [0.3, 0.4) is 0 Å². The van der Waals surface area contributed by atoms with Gasteiger partial charge in [-0.15, -0.1) is 0 Å². The highest BCUT2D eigenvalue weighted by Gasteiger charge is 2.21. The van der Waals surface area contributed by atoms with Gasteiger partial charge in [-0.25, -0.2) is 9.78 Å². The highest BCUT2D eigenvalue weighted by atomic mass is 35.5. The number of aromatic nitrogens is 1. The molecule has 0 saturated heterocycles. The number of halogens is 2. The Balaban J connectivity index is 1.69. The molecule has 0 fully saturated rings. The number of nitrogens with zero attached hydrogens (tertiary/aromatic N) is 1. The van der Waals surface area contributed by atoms with Crippen LogP contribution in [0, 0.1) is 0 Å². The van der Waals surface area contributed by atoms with Crippen molar-refractivity contribution in [2.24, 2.45) is 0 Å². The predicted octanol–water partition coefficient (Wildman–Crippen LogP) is 4.73. The number of benzene rings is 2. The van der Waals surface area contributed by atoms with Crippen LogP contribution in [0.2, 0.25) is 10.0 Å². The summed E-state index contributed by atoms with van der Waals surface area (Å²) in [6, 6.07) is 15.4. The van der Waals surface area contributed by atoms with Gasteiger partial charge in [0.05, 0.1) is 16.2 Å². The molecule has 2 aromatic carbocycles. The highest BCUT2D eigenvalue weighted by molar-refractivity contribution is 6.35. The zero-order valence-corrected chi connectivity index (χ0v) is 15.2. The highest BCUT2D eigenvalue weighted by Crippen LogP contribution is 2.25. The molecule has 3 rings (SSSR count). The minimum absolute atomic E-state index is 0.129. The SMILES string of the molecule is C[C@H](OC(=O)c1ccc2ccccc2n1)C(=O)Nc1cc(Cl)ccc1Cl. The number of rotatable bonds is 4. The maximum atomic E-state index is 12.3. The molecule has 0 bridgehead atoms. The van der Waals surface area contributed by atoms with Crippen molar-refractivity contribution < 1.29 is 14.3 Å². The molecule has 0 radical (unpaired) electrons. The molecular weight excluding hydrogens is 375 g/mol. The molecule has 0 aliphatic heterocycles. The second kappa shape index (κ2) is 7.72. The summed E-state index contributed by atoms with van der Waals surface area (Å²) in [6.07, 6.45) is -1.04. The summed E-state index contributed by atoms with van der Waals surface area (Å²) in [6.45, 7) is 1.47. The van der Waals surface area contributed by atoms with Gasteiger partial charge in [0, 0.05) is 10.4 Å². The standard InChI is InChI=1S/C19H14Cl2N2O3/c1-11(18(24)23-17-10-13(20)7-8-14(17)21)26-19(25)16-9-6-12-4-2-3-5-15(12)22-16/h2-11H,1H3,(H,23,24)/t11-/m0/s1. The van der Waals surface area contributed by atoms with Crippen molar-refractivity contribution in [1.82, 2.24) is 4.98 Å². The number of hydrogen-bond donors (Lipinski definition) is 1.